The van der Waals surface area contributed by atoms with Crippen molar-refractivity contribution in [1.82, 2.24) is 15.1 Å². The van der Waals surface area contributed by atoms with Crippen LogP contribution in [0.5, 0.6) is 5.75 Å². The Hall–Kier alpha value is -2.99. The Bertz CT molecular complexity index is 1010. The molecule has 0 aliphatic rings. The molecule has 0 spiro atoms. The summed E-state index contributed by atoms with van der Waals surface area (Å²) in [7, 11) is 1.62. The van der Waals surface area contributed by atoms with E-state index in [4.69, 9.17) is 9.26 Å². The van der Waals surface area contributed by atoms with Gasteiger partial charge in [-0.05, 0) is 19.1 Å². The van der Waals surface area contributed by atoms with E-state index < -0.39 is 0 Å². The van der Waals surface area contributed by atoms with E-state index in [-0.39, 0.29) is 0 Å². The summed E-state index contributed by atoms with van der Waals surface area (Å²) in [4.78, 5) is 9.00. The highest BCUT2D eigenvalue weighted by Crippen LogP contribution is 2.30. The third-order valence-corrected chi connectivity index (χ3v) is 4.59. The van der Waals surface area contributed by atoms with Crippen LogP contribution in [0.25, 0.3) is 34.1 Å². The highest BCUT2D eigenvalue weighted by atomic mass is 32.1. The molecule has 0 unspecified atom stereocenters. The van der Waals surface area contributed by atoms with Gasteiger partial charge in [0.15, 0.2) is 0 Å². The fourth-order valence-corrected chi connectivity index (χ4v) is 3.18. The molecule has 5 nitrogen and oxygen atoms in total. The first-order valence-electron chi connectivity index (χ1n) is 7.74. The number of hydrogen-bond acceptors (Lipinski definition) is 6. The molecule has 0 bridgehead atoms. The van der Waals surface area contributed by atoms with Crippen LogP contribution in [-0.2, 0) is 0 Å². The van der Waals surface area contributed by atoms with E-state index in [0.29, 0.717) is 17.5 Å². The van der Waals surface area contributed by atoms with Gasteiger partial charge in [-0.25, -0.2) is 4.98 Å². The molecule has 124 valence electrons. The van der Waals surface area contributed by atoms with Gasteiger partial charge in [-0.2, -0.15) is 4.98 Å². The number of hydrogen-bond donors (Lipinski definition) is 0. The number of rotatable bonds is 4. The molecule has 2 aromatic heterocycles. The second-order valence-corrected chi connectivity index (χ2v) is 6.51. The molecule has 0 saturated carbocycles. The van der Waals surface area contributed by atoms with Crippen LogP contribution >= 0.6 is 11.3 Å². The smallest absolute Gasteiger partial charge is 0.262 e. The number of aromatic nitrogens is 3. The molecule has 0 saturated heterocycles. The summed E-state index contributed by atoms with van der Waals surface area (Å²) in [6.45, 7) is 2.00. The van der Waals surface area contributed by atoms with Crippen LogP contribution in [0.3, 0.4) is 0 Å². The van der Waals surface area contributed by atoms with Crippen molar-refractivity contribution in [3.05, 3.63) is 58.9 Å². The largest absolute Gasteiger partial charge is 0.496 e. The van der Waals surface area contributed by atoms with E-state index in [2.05, 4.69) is 20.5 Å². The second kappa shape index (κ2) is 6.49. The maximum absolute atomic E-state index is 5.41. The lowest BCUT2D eigenvalue weighted by atomic mass is 10.1. The molecular weight excluding hydrogens is 334 g/mol. The van der Waals surface area contributed by atoms with Crippen LogP contribution in [0.1, 0.15) is 5.01 Å². The molecule has 0 atom stereocenters. The SMILES string of the molecule is COc1ccccc1-c1nc(-c2ccc(-c3csc(C)n3)cc2)no1. The first kappa shape index (κ1) is 15.5. The highest BCUT2D eigenvalue weighted by Gasteiger charge is 2.14. The third kappa shape index (κ3) is 3.04. The van der Waals surface area contributed by atoms with Gasteiger partial charge < -0.3 is 9.26 Å². The Morgan fingerprint density at radius 3 is 2.44 bits per heavy atom. The molecule has 0 aliphatic heterocycles. The van der Waals surface area contributed by atoms with Gasteiger partial charge in [0, 0.05) is 16.5 Å². The van der Waals surface area contributed by atoms with Crippen molar-refractivity contribution in [3.63, 3.8) is 0 Å². The summed E-state index contributed by atoms with van der Waals surface area (Å²) in [6.07, 6.45) is 0. The third-order valence-electron chi connectivity index (χ3n) is 3.82. The summed E-state index contributed by atoms with van der Waals surface area (Å²) in [5, 5.41) is 7.20. The number of benzene rings is 2. The lowest BCUT2D eigenvalue weighted by Crippen LogP contribution is -1.87. The predicted molar refractivity (Wildman–Crippen MR) is 97.6 cm³/mol. The van der Waals surface area contributed by atoms with Crippen LogP contribution < -0.4 is 4.74 Å². The Balaban J connectivity index is 1.64. The van der Waals surface area contributed by atoms with Gasteiger partial charge in [0.25, 0.3) is 5.89 Å². The number of ether oxygens (including phenoxy) is 1. The molecule has 2 heterocycles. The zero-order chi connectivity index (χ0) is 17.2. The fourth-order valence-electron chi connectivity index (χ4n) is 2.56. The summed E-state index contributed by atoms with van der Waals surface area (Å²) in [5.74, 6) is 1.68. The molecule has 0 amide bonds. The second-order valence-electron chi connectivity index (χ2n) is 5.45. The van der Waals surface area contributed by atoms with Gasteiger partial charge in [-0.1, -0.05) is 41.6 Å². The number of thiazole rings is 1. The van der Waals surface area contributed by atoms with E-state index in [1.54, 1.807) is 18.4 Å². The Labute approximate surface area is 148 Å². The molecule has 0 aliphatic carbocycles. The minimum absolute atomic E-state index is 0.437. The molecule has 0 radical (unpaired) electrons. The molecule has 0 fully saturated rings. The molecule has 25 heavy (non-hydrogen) atoms. The van der Waals surface area contributed by atoms with Gasteiger partial charge in [-0.15, -0.1) is 11.3 Å². The monoisotopic (exact) mass is 349 g/mol. The van der Waals surface area contributed by atoms with Crippen molar-refractivity contribution in [2.75, 3.05) is 7.11 Å². The van der Waals surface area contributed by atoms with E-state index in [1.807, 2.05) is 55.5 Å². The Morgan fingerprint density at radius 1 is 0.960 bits per heavy atom. The molecule has 4 aromatic rings. The summed E-state index contributed by atoms with van der Waals surface area (Å²) < 4.78 is 10.8. The number of methoxy groups -OCH3 is 1. The number of aryl methyl sites for hydroxylation is 1. The molecule has 2 aromatic carbocycles. The fraction of sp³-hybridized carbons (Fsp3) is 0.105. The molecular formula is C19H15N3O2S. The quantitative estimate of drug-likeness (QED) is 0.527. The predicted octanol–water partition coefficient (Wildman–Crippen LogP) is 4.84. The lowest BCUT2D eigenvalue weighted by molar-refractivity contribution is 0.405. The number of nitrogens with zero attached hydrogens (tertiary/aromatic N) is 3. The maximum atomic E-state index is 5.41. The van der Waals surface area contributed by atoms with E-state index in [9.17, 15) is 0 Å². The van der Waals surface area contributed by atoms with Crippen LogP contribution in [0, 0.1) is 6.92 Å². The minimum atomic E-state index is 0.437. The topological polar surface area (TPSA) is 61.0 Å². The normalized spacial score (nSPS) is 10.8. The average Bonchev–Trinajstić information content (AvgIpc) is 3.31. The van der Waals surface area contributed by atoms with Crippen LogP contribution in [0.15, 0.2) is 58.4 Å². The van der Waals surface area contributed by atoms with E-state index in [1.165, 1.54) is 0 Å². The number of para-hydroxylation sites is 1. The standard InChI is InChI=1S/C19H15N3O2S/c1-12-20-16(11-25-12)13-7-9-14(10-8-13)18-21-19(24-22-18)15-5-3-4-6-17(15)23-2/h3-11H,1-2H3. The first-order valence-corrected chi connectivity index (χ1v) is 8.62. The lowest BCUT2D eigenvalue weighted by Gasteiger charge is -2.02. The summed E-state index contributed by atoms with van der Waals surface area (Å²) in [6, 6.07) is 15.5. The average molecular weight is 349 g/mol. The van der Waals surface area contributed by atoms with Crippen molar-refractivity contribution in [2.45, 2.75) is 6.92 Å². The maximum Gasteiger partial charge on any atom is 0.262 e. The summed E-state index contributed by atoms with van der Waals surface area (Å²) in [5.41, 5.74) is 3.72. The zero-order valence-electron chi connectivity index (χ0n) is 13.8. The highest BCUT2D eigenvalue weighted by molar-refractivity contribution is 7.09. The van der Waals surface area contributed by atoms with Gasteiger partial charge in [0.1, 0.15) is 5.75 Å². The van der Waals surface area contributed by atoms with Crippen LogP contribution in [0.2, 0.25) is 0 Å². The van der Waals surface area contributed by atoms with Crippen molar-refractivity contribution in [2.24, 2.45) is 0 Å². The van der Waals surface area contributed by atoms with Crippen molar-refractivity contribution >= 4 is 11.3 Å². The minimum Gasteiger partial charge on any atom is -0.496 e. The zero-order valence-corrected chi connectivity index (χ0v) is 14.6. The van der Waals surface area contributed by atoms with Crippen LogP contribution in [-0.4, -0.2) is 22.2 Å². The van der Waals surface area contributed by atoms with E-state index in [0.717, 1.165) is 27.4 Å². The summed E-state index contributed by atoms with van der Waals surface area (Å²) >= 11 is 1.64. The Morgan fingerprint density at radius 2 is 1.72 bits per heavy atom. The van der Waals surface area contributed by atoms with E-state index >= 15 is 0 Å². The molecule has 0 N–H and O–H groups in total. The van der Waals surface area contributed by atoms with Crippen molar-refractivity contribution < 1.29 is 9.26 Å². The van der Waals surface area contributed by atoms with Gasteiger partial charge >= 0.3 is 0 Å². The van der Waals surface area contributed by atoms with Crippen LogP contribution in [0.4, 0.5) is 0 Å². The Kier molecular flexibility index (Phi) is 4.03. The molecule has 6 heteroatoms. The first-order chi connectivity index (χ1) is 12.2. The van der Waals surface area contributed by atoms with Crippen molar-refractivity contribution in [1.29, 1.82) is 0 Å². The molecule has 4 rings (SSSR count). The van der Waals surface area contributed by atoms with Crippen molar-refractivity contribution in [3.8, 4) is 39.8 Å². The van der Waals surface area contributed by atoms with Gasteiger partial charge in [0.2, 0.25) is 5.82 Å². The van der Waals surface area contributed by atoms with Gasteiger partial charge in [0.05, 0.1) is 23.4 Å². The van der Waals surface area contributed by atoms with Gasteiger partial charge in [-0.3, -0.25) is 0 Å².